The van der Waals surface area contributed by atoms with Crippen molar-refractivity contribution in [3.8, 4) is 11.4 Å². The molecule has 0 radical (unpaired) electrons. The average Bonchev–Trinajstić information content (AvgIpc) is 3.60. The molecule has 164 valence electrons. The van der Waals surface area contributed by atoms with Crippen LogP contribution in [0.2, 0.25) is 0 Å². The van der Waals surface area contributed by atoms with Crippen LogP contribution in [0.4, 0.5) is 0 Å². The number of aromatic nitrogens is 3. The molecule has 0 saturated heterocycles. The standard InChI is InChI=1S/C31H19N3S/c1-2-9-20(10-3-1)33-19-32-30-25(33)14-8-15-26(30)34-24-13-6-4-11-21(24)22-17-18-28-29(31(22)34)23-12-5-7-16-27(23)35-28/h1-19H. The van der Waals surface area contributed by atoms with Crippen molar-refractivity contribution < 1.29 is 0 Å². The van der Waals surface area contributed by atoms with Crippen LogP contribution in [0.1, 0.15) is 0 Å². The fourth-order valence-electron chi connectivity index (χ4n) is 5.51. The molecule has 4 heteroatoms. The minimum Gasteiger partial charge on any atom is -0.306 e. The van der Waals surface area contributed by atoms with Crippen molar-refractivity contribution in [1.82, 2.24) is 14.1 Å². The van der Waals surface area contributed by atoms with Gasteiger partial charge < -0.3 is 4.57 Å². The van der Waals surface area contributed by atoms with E-state index < -0.39 is 0 Å². The largest absolute Gasteiger partial charge is 0.306 e. The maximum atomic E-state index is 4.94. The van der Waals surface area contributed by atoms with Gasteiger partial charge in [0.1, 0.15) is 11.8 Å². The Morgan fingerprint density at radius 2 is 1.34 bits per heavy atom. The molecule has 0 saturated carbocycles. The van der Waals surface area contributed by atoms with Crippen molar-refractivity contribution in [2.24, 2.45) is 0 Å². The third-order valence-electron chi connectivity index (χ3n) is 7.01. The van der Waals surface area contributed by atoms with Crippen molar-refractivity contribution in [2.45, 2.75) is 0 Å². The number of rotatable bonds is 2. The zero-order chi connectivity index (χ0) is 22.9. The van der Waals surface area contributed by atoms with Crippen molar-refractivity contribution in [1.29, 1.82) is 0 Å². The predicted octanol–water partition coefficient (Wildman–Crippen LogP) is 8.49. The molecule has 0 N–H and O–H groups in total. The zero-order valence-corrected chi connectivity index (χ0v) is 19.5. The highest BCUT2D eigenvalue weighted by molar-refractivity contribution is 7.26. The van der Waals surface area contributed by atoms with E-state index in [1.165, 1.54) is 42.0 Å². The van der Waals surface area contributed by atoms with E-state index in [9.17, 15) is 0 Å². The molecule has 0 bridgehead atoms. The third kappa shape index (κ3) is 2.57. The summed E-state index contributed by atoms with van der Waals surface area (Å²) in [7, 11) is 0. The molecule has 8 rings (SSSR count). The van der Waals surface area contributed by atoms with Crippen molar-refractivity contribution in [2.75, 3.05) is 0 Å². The first kappa shape index (κ1) is 19.0. The van der Waals surface area contributed by atoms with Gasteiger partial charge in [-0.05, 0) is 42.5 Å². The predicted molar refractivity (Wildman–Crippen MR) is 148 cm³/mol. The smallest absolute Gasteiger partial charge is 0.113 e. The lowest BCUT2D eigenvalue weighted by Crippen LogP contribution is -1.96. The van der Waals surface area contributed by atoms with Crippen LogP contribution in [0.25, 0.3) is 64.4 Å². The second kappa shape index (κ2) is 7.05. The fraction of sp³-hybridized carbons (Fsp3) is 0. The van der Waals surface area contributed by atoms with Crippen LogP contribution in [0.15, 0.2) is 116 Å². The summed E-state index contributed by atoms with van der Waals surface area (Å²) in [4.78, 5) is 4.94. The third-order valence-corrected chi connectivity index (χ3v) is 8.14. The van der Waals surface area contributed by atoms with E-state index in [0.29, 0.717) is 0 Å². The summed E-state index contributed by atoms with van der Waals surface area (Å²) in [6, 6.07) is 38.9. The highest BCUT2D eigenvalue weighted by Crippen LogP contribution is 2.43. The minimum absolute atomic E-state index is 0.996. The van der Waals surface area contributed by atoms with E-state index in [-0.39, 0.29) is 0 Å². The van der Waals surface area contributed by atoms with Crippen LogP contribution in [-0.4, -0.2) is 14.1 Å². The fourth-order valence-corrected chi connectivity index (χ4v) is 6.62. The molecule has 0 unspecified atom stereocenters. The molecule has 0 aliphatic rings. The zero-order valence-electron chi connectivity index (χ0n) is 18.7. The van der Waals surface area contributed by atoms with Gasteiger partial charge in [0.05, 0.1) is 22.2 Å². The Morgan fingerprint density at radius 1 is 0.571 bits per heavy atom. The Kier molecular flexibility index (Phi) is 3.82. The monoisotopic (exact) mass is 465 g/mol. The lowest BCUT2D eigenvalue weighted by molar-refractivity contribution is 1.09. The summed E-state index contributed by atoms with van der Waals surface area (Å²) >= 11 is 1.86. The summed E-state index contributed by atoms with van der Waals surface area (Å²) in [5.74, 6) is 0. The molecule has 5 aromatic carbocycles. The highest BCUT2D eigenvalue weighted by atomic mass is 32.1. The first-order valence-corrected chi connectivity index (χ1v) is 12.6. The highest BCUT2D eigenvalue weighted by Gasteiger charge is 2.20. The molecule has 0 spiro atoms. The Balaban J connectivity index is 1.56. The van der Waals surface area contributed by atoms with Gasteiger partial charge in [0.25, 0.3) is 0 Å². The number of hydrogen-bond acceptors (Lipinski definition) is 2. The minimum atomic E-state index is 0.996. The van der Waals surface area contributed by atoms with Gasteiger partial charge in [0.15, 0.2) is 0 Å². The Bertz CT molecular complexity index is 2060. The van der Waals surface area contributed by atoms with Crippen LogP contribution in [-0.2, 0) is 0 Å². The summed E-state index contributed by atoms with van der Waals surface area (Å²) < 4.78 is 7.22. The summed E-state index contributed by atoms with van der Waals surface area (Å²) in [5.41, 5.74) is 6.76. The first-order valence-electron chi connectivity index (χ1n) is 11.7. The molecule has 35 heavy (non-hydrogen) atoms. The molecule has 0 fully saturated rings. The van der Waals surface area contributed by atoms with E-state index in [1.54, 1.807) is 0 Å². The van der Waals surface area contributed by atoms with Gasteiger partial charge in [-0.2, -0.15) is 0 Å². The van der Waals surface area contributed by atoms with Crippen LogP contribution >= 0.6 is 11.3 Å². The average molecular weight is 466 g/mol. The Morgan fingerprint density at radius 3 is 2.26 bits per heavy atom. The number of nitrogens with zero attached hydrogens (tertiary/aromatic N) is 3. The van der Waals surface area contributed by atoms with Gasteiger partial charge >= 0.3 is 0 Å². The number of imidazole rings is 1. The quantitative estimate of drug-likeness (QED) is 0.251. The number of fused-ring (bicyclic) bond motifs is 8. The molecule has 0 aliphatic heterocycles. The molecular formula is C31H19N3S. The van der Waals surface area contributed by atoms with Gasteiger partial charge in [0, 0.05) is 36.6 Å². The number of hydrogen-bond donors (Lipinski definition) is 0. The van der Waals surface area contributed by atoms with Crippen LogP contribution in [0.3, 0.4) is 0 Å². The second-order valence-electron chi connectivity index (χ2n) is 8.88. The van der Waals surface area contributed by atoms with E-state index in [0.717, 1.165) is 22.4 Å². The Labute approximate surface area is 205 Å². The number of para-hydroxylation sites is 3. The maximum absolute atomic E-state index is 4.94. The number of thiophene rings is 1. The van der Waals surface area contributed by atoms with Gasteiger partial charge in [-0.25, -0.2) is 4.98 Å². The summed E-state index contributed by atoms with van der Waals surface area (Å²) in [5, 5.41) is 5.17. The second-order valence-corrected chi connectivity index (χ2v) is 9.96. The summed E-state index contributed by atoms with van der Waals surface area (Å²) in [6.07, 6.45) is 1.94. The van der Waals surface area contributed by atoms with E-state index in [2.05, 4.69) is 112 Å². The van der Waals surface area contributed by atoms with Crippen molar-refractivity contribution in [3.05, 3.63) is 116 Å². The van der Waals surface area contributed by atoms with Crippen LogP contribution < -0.4 is 0 Å². The maximum Gasteiger partial charge on any atom is 0.113 e. The van der Waals surface area contributed by atoms with Crippen LogP contribution in [0.5, 0.6) is 0 Å². The van der Waals surface area contributed by atoms with Crippen molar-refractivity contribution >= 4 is 64.3 Å². The van der Waals surface area contributed by atoms with E-state index in [1.807, 2.05) is 23.7 Å². The molecule has 0 atom stereocenters. The lowest BCUT2D eigenvalue weighted by atomic mass is 10.1. The SMILES string of the molecule is c1ccc(-n2cnc3c(-n4c5ccccc5c5ccc6sc7ccccc7c6c54)cccc32)cc1. The van der Waals surface area contributed by atoms with Gasteiger partial charge in [0.2, 0.25) is 0 Å². The molecule has 3 nitrogen and oxygen atoms in total. The molecule has 3 heterocycles. The first-order chi connectivity index (χ1) is 17.4. The molecule has 8 aromatic rings. The van der Waals surface area contributed by atoms with Crippen molar-refractivity contribution in [3.63, 3.8) is 0 Å². The molecule has 0 aliphatic carbocycles. The van der Waals surface area contributed by atoms with E-state index >= 15 is 0 Å². The van der Waals surface area contributed by atoms with Crippen LogP contribution in [0, 0.1) is 0 Å². The van der Waals surface area contributed by atoms with E-state index in [4.69, 9.17) is 4.98 Å². The lowest BCUT2D eigenvalue weighted by Gasteiger charge is -2.11. The molecule has 0 amide bonds. The molecular weight excluding hydrogens is 446 g/mol. The normalized spacial score (nSPS) is 12.0. The van der Waals surface area contributed by atoms with Gasteiger partial charge in [-0.15, -0.1) is 11.3 Å². The summed E-state index contributed by atoms with van der Waals surface area (Å²) in [6.45, 7) is 0. The van der Waals surface area contributed by atoms with Gasteiger partial charge in [-0.3, -0.25) is 4.57 Å². The topological polar surface area (TPSA) is 22.8 Å². The molecule has 3 aromatic heterocycles. The number of benzene rings is 5. The van der Waals surface area contributed by atoms with Gasteiger partial charge in [-0.1, -0.05) is 66.7 Å². The Hall–Kier alpha value is -4.41.